The predicted molar refractivity (Wildman–Crippen MR) is 160 cm³/mol. The summed E-state index contributed by atoms with van der Waals surface area (Å²) in [5.74, 6) is 0.214. The third-order valence-electron chi connectivity index (χ3n) is 8.01. The average Bonchev–Trinajstić information content (AvgIpc) is 3.63. The van der Waals surface area contributed by atoms with E-state index in [1.807, 2.05) is 61.5 Å². The Morgan fingerprint density at radius 3 is 2.62 bits per heavy atom. The first-order valence-electron chi connectivity index (χ1n) is 14.5. The monoisotopic (exact) mass is 584 g/mol. The van der Waals surface area contributed by atoms with Gasteiger partial charge in [-0.3, -0.25) is 9.79 Å². The maximum absolute atomic E-state index is 13.4. The summed E-state index contributed by atoms with van der Waals surface area (Å²) in [5, 5.41) is 13.7. The van der Waals surface area contributed by atoms with E-state index in [0.717, 1.165) is 64.8 Å². The summed E-state index contributed by atoms with van der Waals surface area (Å²) in [6.07, 6.45) is 2.36. The molecule has 2 aromatic heterocycles. The molecule has 0 radical (unpaired) electrons. The van der Waals surface area contributed by atoms with Crippen molar-refractivity contribution in [3.63, 3.8) is 0 Å². The van der Waals surface area contributed by atoms with Gasteiger partial charge in [0.1, 0.15) is 15.6 Å². The van der Waals surface area contributed by atoms with Gasteiger partial charge in [0, 0.05) is 37.2 Å². The van der Waals surface area contributed by atoms with Gasteiger partial charge in [0.05, 0.1) is 18.9 Å². The third-order valence-corrected chi connectivity index (χ3v) is 9.32. The highest BCUT2D eigenvalue weighted by Crippen LogP contribution is 2.50. The van der Waals surface area contributed by atoms with Crippen LogP contribution in [-0.2, 0) is 26.3 Å². The number of Topliss-reactive ketones (excluding diaryl/α,β-unsaturated/α-hetero) is 1. The molecular formula is C31H32N6O4S. The van der Waals surface area contributed by atoms with Gasteiger partial charge >= 0.3 is 6.01 Å². The van der Waals surface area contributed by atoms with Gasteiger partial charge in [-0.05, 0) is 31.7 Å². The van der Waals surface area contributed by atoms with Crippen LogP contribution in [-0.4, -0.2) is 65.8 Å². The molecule has 3 aliphatic rings. The van der Waals surface area contributed by atoms with Crippen LogP contribution < -0.4 is 10.2 Å². The number of fused-ring (bicyclic) bond motifs is 1. The molecule has 1 saturated carbocycles. The number of nitrogens with zero attached hydrogens (tertiary/aromatic N) is 5. The number of rotatable bonds is 8. The van der Waals surface area contributed by atoms with Crippen molar-refractivity contribution in [3.8, 4) is 11.6 Å². The number of aromatic nitrogens is 3. The molecule has 1 aliphatic carbocycles. The number of thiazole rings is 1. The maximum atomic E-state index is 13.4. The molecule has 2 fully saturated rings. The molecule has 0 bridgehead atoms. The number of ketones is 1. The average molecular weight is 585 g/mol. The molecule has 1 unspecified atom stereocenters. The molecule has 216 valence electrons. The highest BCUT2D eigenvalue weighted by molar-refractivity contribution is 7.16. The van der Waals surface area contributed by atoms with Crippen LogP contribution in [0.3, 0.4) is 0 Å². The normalized spacial score (nSPS) is 19.9. The zero-order valence-electron chi connectivity index (χ0n) is 23.4. The number of anilines is 2. The zero-order valence-corrected chi connectivity index (χ0v) is 24.2. The fourth-order valence-electron chi connectivity index (χ4n) is 5.71. The Morgan fingerprint density at radius 1 is 1.07 bits per heavy atom. The second-order valence-corrected chi connectivity index (χ2v) is 11.6. The Bertz CT molecular complexity index is 1610. The van der Waals surface area contributed by atoms with Crippen molar-refractivity contribution in [1.82, 2.24) is 15.2 Å². The number of carbonyl (C=O) groups excluding carboxylic acids is 1. The first kappa shape index (κ1) is 26.9. The molecule has 4 heterocycles. The zero-order chi connectivity index (χ0) is 28.5. The summed E-state index contributed by atoms with van der Waals surface area (Å²) in [6, 6.07) is 17.9. The number of benzene rings is 2. The van der Waals surface area contributed by atoms with Crippen molar-refractivity contribution >= 4 is 33.8 Å². The highest BCUT2D eigenvalue weighted by atomic mass is 32.1. The van der Waals surface area contributed by atoms with Crippen LogP contribution in [0.25, 0.3) is 11.6 Å². The van der Waals surface area contributed by atoms with Gasteiger partial charge < -0.3 is 24.1 Å². The summed E-state index contributed by atoms with van der Waals surface area (Å²) >= 11 is 1.63. The van der Waals surface area contributed by atoms with Crippen molar-refractivity contribution in [2.45, 2.75) is 44.4 Å². The van der Waals surface area contributed by atoms with Gasteiger partial charge in [-0.15, -0.1) is 5.10 Å². The van der Waals surface area contributed by atoms with E-state index in [0.29, 0.717) is 31.4 Å². The van der Waals surface area contributed by atoms with Gasteiger partial charge in [-0.25, -0.2) is 4.98 Å². The Morgan fingerprint density at radius 2 is 1.86 bits per heavy atom. The molecule has 7 rings (SSSR count). The molecule has 1 saturated heterocycles. The lowest BCUT2D eigenvalue weighted by Crippen LogP contribution is -2.37. The van der Waals surface area contributed by atoms with E-state index in [1.165, 1.54) is 0 Å². The topological polar surface area (TPSA) is 115 Å². The number of ether oxygens (including phenoxy) is 2. The van der Waals surface area contributed by atoms with E-state index in [4.69, 9.17) is 23.9 Å². The predicted octanol–water partition coefficient (Wildman–Crippen LogP) is 4.85. The van der Waals surface area contributed by atoms with Gasteiger partial charge in [-0.1, -0.05) is 71.0 Å². The van der Waals surface area contributed by atoms with Crippen LogP contribution in [0.5, 0.6) is 0 Å². The minimum absolute atomic E-state index is 0.0817. The fraction of sp³-hybridized carbons (Fsp3) is 0.387. The number of nitrogens with one attached hydrogen (secondary N) is 1. The van der Waals surface area contributed by atoms with Crippen molar-refractivity contribution in [2.75, 3.05) is 43.1 Å². The summed E-state index contributed by atoms with van der Waals surface area (Å²) in [7, 11) is 0. The Hall–Kier alpha value is -3.93. The van der Waals surface area contributed by atoms with Crippen molar-refractivity contribution < 1.29 is 18.7 Å². The Balaban J connectivity index is 1.22. The van der Waals surface area contributed by atoms with E-state index in [1.54, 1.807) is 11.3 Å². The van der Waals surface area contributed by atoms with Gasteiger partial charge in [-0.2, -0.15) is 0 Å². The molecule has 10 nitrogen and oxygen atoms in total. The molecule has 11 heteroatoms. The number of aliphatic imine (C=N–C) groups is 1. The molecular weight excluding hydrogens is 552 g/mol. The standard InChI is InChI=1S/C31H32N6O4S/c1-2-40-31(13-8-14-31)29-33-25(28(42-29)37-15-17-39-18-16-37)27-35-36-30(41-27)34-26-23(38)19-21-11-6-7-12-22(21)24(32-26)20-9-4-3-5-10-20/h3-7,9-12,26H,2,8,13-19H2,1H3,(H,34,36). The van der Waals surface area contributed by atoms with Crippen LogP contribution in [0, 0.1) is 0 Å². The van der Waals surface area contributed by atoms with E-state index in [-0.39, 0.29) is 23.8 Å². The van der Waals surface area contributed by atoms with E-state index >= 15 is 0 Å². The van der Waals surface area contributed by atoms with Gasteiger partial charge in [0.25, 0.3) is 5.89 Å². The smallest absolute Gasteiger partial charge is 0.317 e. The summed E-state index contributed by atoms with van der Waals surface area (Å²) in [5.41, 5.74) is 3.83. The van der Waals surface area contributed by atoms with Gasteiger partial charge in [0.2, 0.25) is 0 Å². The van der Waals surface area contributed by atoms with Crippen molar-refractivity contribution in [2.24, 2.45) is 4.99 Å². The lowest BCUT2D eigenvalue weighted by Gasteiger charge is -2.39. The highest BCUT2D eigenvalue weighted by Gasteiger charge is 2.44. The molecule has 42 heavy (non-hydrogen) atoms. The lowest BCUT2D eigenvalue weighted by atomic mass is 9.80. The Labute approximate surface area is 247 Å². The van der Waals surface area contributed by atoms with Crippen LogP contribution >= 0.6 is 11.3 Å². The van der Waals surface area contributed by atoms with Gasteiger partial charge in [0.15, 0.2) is 17.6 Å². The molecule has 4 aromatic rings. The molecule has 0 amide bonds. The van der Waals surface area contributed by atoms with Crippen LogP contribution in [0.1, 0.15) is 47.9 Å². The van der Waals surface area contributed by atoms with E-state index in [9.17, 15) is 4.79 Å². The number of hydrogen-bond acceptors (Lipinski definition) is 11. The van der Waals surface area contributed by atoms with Crippen molar-refractivity contribution in [1.29, 1.82) is 0 Å². The lowest BCUT2D eigenvalue weighted by molar-refractivity contribution is -0.119. The van der Waals surface area contributed by atoms with Crippen LogP contribution in [0.4, 0.5) is 11.0 Å². The number of carbonyl (C=O) groups is 1. The molecule has 0 spiro atoms. The van der Waals surface area contributed by atoms with Crippen LogP contribution in [0.2, 0.25) is 0 Å². The Kier molecular flexibility index (Phi) is 7.31. The molecule has 2 aromatic carbocycles. The quantitative estimate of drug-likeness (QED) is 0.310. The molecule has 2 aliphatic heterocycles. The summed E-state index contributed by atoms with van der Waals surface area (Å²) < 4.78 is 18.0. The van der Waals surface area contributed by atoms with E-state index in [2.05, 4.69) is 20.4 Å². The maximum Gasteiger partial charge on any atom is 0.317 e. The number of hydrogen-bond donors (Lipinski definition) is 1. The molecule has 1 atom stereocenters. The SMILES string of the molecule is CCOC1(c2nc(-c3nnc(NC4N=C(c5ccccc5)c5ccccc5CC4=O)o3)c(N3CCOCC3)s2)CCC1. The second kappa shape index (κ2) is 11.4. The third kappa shape index (κ3) is 5.01. The molecule has 1 N–H and O–H groups in total. The van der Waals surface area contributed by atoms with Crippen LogP contribution in [0.15, 0.2) is 64.0 Å². The summed E-state index contributed by atoms with van der Waals surface area (Å²) in [4.78, 5) is 25.6. The fourth-order valence-corrected chi connectivity index (χ4v) is 7.03. The minimum atomic E-state index is -0.887. The largest absolute Gasteiger partial charge is 0.402 e. The first-order valence-corrected chi connectivity index (χ1v) is 15.3. The second-order valence-electron chi connectivity index (χ2n) is 10.7. The number of morpholine rings is 1. The van der Waals surface area contributed by atoms with E-state index < -0.39 is 6.17 Å². The first-order chi connectivity index (χ1) is 20.6. The van der Waals surface area contributed by atoms with Crippen molar-refractivity contribution in [3.05, 3.63) is 76.3 Å². The summed E-state index contributed by atoms with van der Waals surface area (Å²) in [6.45, 7) is 5.45. The minimum Gasteiger partial charge on any atom is -0.402 e.